The van der Waals surface area contributed by atoms with E-state index in [9.17, 15) is 4.79 Å². The van der Waals surface area contributed by atoms with Crippen LogP contribution in [0.4, 0.5) is 5.82 Å². The van der Waals surface area contributed by atoms with Crippen LogP contribution in [0, 0.1) is 0 Å². The van der Waals surface area contributed by atoms with Gasteiger partial charge in [0.2, 0.25) is 5.91 Å². The Bertz CT molecular complexity index is 698. The lowest BCUT2D eigenvalue weighted by atomic mass is 10.2. The number of amides is 1. The predicted octanol–water partition coefficient (Wildman–Crippen LogP) is 0.114. The summed E-state index contributed by atoms with van der Waals surface area (Å²) >= 11 is 3.44. The van der Waals surface area contributed by atoms with Crippen molar-refractivity contribution < 1.29 is 9.53 Å². The van der Waals surface area contributed by atoms with E-state index in [0.29, 0.717) is 13.1 Å². The highest BCUT2D eigenvalue weighted by Crippen LogP contribution is 2.20. The van der Waals surface area contributed by atoms with E-state index in [-0.39, 0.29) is 12.5 Å². The van der Waals surface area contributed by atoms with E-state index >= 15 is 0 Å². The van der Waals surface area contributed by atoms with Gasteiger partial charge in [-0.2, -0.15) is 5.10 Å². The summed E-state index contributed by atoms with van der Waals surface area (Å²) in [5.41, 5.74) is 6.59. The van der Waals surface area contributed by atoms with Gasteiger partial charge in [-0.15, -0.1) is 0 Å². The van der Waals surface area contributed by atoms with Crippen molar-refractivity contribution in [2.45, 2.75) is 6.04 Å². The molecule has 0 saturated carbocycles. The number of aromatic nitrogens is 3. The van der Waals surface area contributed by atoms with Crippen LogP contribution in [0.3, 0.4) is 0 Å². The van der Waals surface area contributed by atoms with Crippen molar-refractivity contribution in [2.75, 3.05) is 44.8 Å². The lowest BCUT2D eigenvalue weighted by molar-refractivity contribution is -0.134. The molecule has 0 aliphatic carbocycles. The van der Waals surface area contributed by atoms with Gasteiger partial charge >= 0.3 is 0 Å². The van der Waals surface area contributed by atoms with Crippen LogP contribution in [-0.4, -0.2) is 71.3 Å². The molecule has 0 spiro atoms. The number of rotatable bonds is 4. The van der Waals surface area contributed by atoms with E-state index in [4.69, 9.17) is 10.5 Å². The highest BCUT2D eigenvalue weighted by atomic mass is 79.9. The van der Waals surface area contributed by atoms with E-state index in [2.05, 4.69) is 30.9 Å². The van der Waals surface area contributed by atoms with Crippen LogP contribution >= 0.6 is 15.9 Å². The Morgan fingerprint density at radius 1 is 1.43 bits per heavy atom. The molecule has 2 aromatic rings. The molecule has 8 nitrogen and oxygen atoms in total. The number of methoxy groups -OCH3 is 1. The molecule has 2 aromatic heterocycles. The van der Waals surface area contributed by atoms with Gasteiger partial charge in [0.25, 0.3) is 0 Å². The molecule has 3 heterocycles. The minimum Gasteiger partial charge on any atom is -0.383 e. The summed E-state index contributed by atoms with van der Waals surface area (Å²) in [4.78, 5) is 20.8. The summed E-state index contributed by atoms with van der Waals surface area (Å²) in [5, 5.41) is 4.19. The lowest BCUT2D eigenvalue weighted by Crippen LogP contribution is -2.54. The molecule has 1 saturated heterocycles. The summed E-state index contributed by atoms with van der Waals surface area (Å²) < 4.78 is 7.52. The van der Waals surface area contributed by atoms with Crippen LogP contribution < -0.4 is 10.6 Å². The number of halogens is 1. The fraction of sp³-hybridized carbons (Fsp3) is 0.500. The summed E-state index contributed by atoms with van der Waals surface area (Å²) in [7, 11) is 1.54. The van der Waals surface area contributed by atoms with Crippen molar-refractivity contribution in [3.8, 4) is 0 Å². The zero-order valence-electron chi connectivity index (χ0n) is 12.9. The Labute approximate surface area is 142 Å². The molecule has 2 N–H and O–H groups in total. The van der Waals surface area contributed by atoms with Gasteiger partial charge in [0.15, 0.2) is 5.65 Å². The molecule has 1 unspecified atom stereocenters. The number of hydrogen-bond acceptors (Lipinski definition) is 6. The summed E-state index contributed by atoms with van der Waals surface area (Å²) in [6.45, 7) is 2.94. The number of nitrogens with two attached hydrogens (primary N) is 1. The molecule has 0 aromatic carbocycles. The normalized spacial score (nSPS) is 16.8. The zero-order chi connectivity index (χ0) is 16.4. The van der Waals surface area contributed by atoms with Gasteiger partial charge in [0, 0.05) is 39.5 Å². The maximum Gasteiger partial charge on any atom is 0.241 e. The molecule has 3 rings (SSSR count). The molecule has 1 aliphatic rings. The maximum absolute atomic E-state index is 12.2. The number of anilines is 1. The van der Waals surface area contributed by atoms with E-state index < -0.39 is 6.04 Å². The zero-order valence-corrected chi connectivity index (χ0v) is 14.4. The second kappa shape index (κ2) is 6.81. The molecular weight excluding hydrogens is 364 g/mol. The first-order valence-electron chi connectivity index (χ1n) is 7.38. The van der Waals surface area contributed by atoms with E-state index in [1.165, 1.54) is 0 Å². The van der Waals surface area contributed by atoms with Gasteiger partial charge in [-0.3, -0.25) is 4.79 Å². The second-order valence-corrected chi connectivity index (χ2v) is 6.27. The van der Waals surface area contributed by atoms with Crippen molar-refractivity contribution in [3.05, 3.63) is 22.9 Å². The van der Waals surface area contributed by atoms with Crippen LogP contribution in [0.25, 0.3) is 5.65 Å². The van der Waals surface area contributed by atoms with Gasteiger partial charge < -0.3 is 20.3 Å². The van der Waals surface area contributed by atoms with Crippen LogP contribution in [-0.2, 0) is 9.53 Å². The van der Waals surface area contributed by atoms with Gasteiger partial charge in [-0.25, -0.2) is 9.50 Å². The van der Waals surface area contributed by atoms with Crippen molar-refractivity contribution in [2.24, 2.45) is 5.73 Å². The Hall–Kier alpha value is -1.71. The molecule has 0 radical (unpaired) electrons. The third-order valence-electron chi connectivity index (χ3n) is 3.89. The molecule has 1 amide bonds. The Kier molecular flexibility index (Phi) is 4.79. The average Bonchev–Trinajstić information content (AvgIpc) is 2.95. The highest BCUT2D eigenvalue weighted by Gasteiger charge is 2.25. The molecule has 1 aliphatic heterocycles. The molecule has 1 fully saturated rings. The quantitative estimate of drug-likeness (QED) is 0.807. The van der Waals surface area contributed by atoms with Gasteiger partial charge in [-0.05, 0) is 22.0 Å². The van der Waals surface area contributed by atoms with Crippen molar-refractivity contribution >= 4 is 33.3 Å². The van der Waals surface area contributed by atoms with E-state index in [1.54, 1.807) is 22.7 Å². The average molecular weight is 383 g/mol. The molecule has 124 valence electrons. The number of nitrogens with zero attached hydrogens (tertiary/aromatic N) is 5. The fourth-order valence-electron chi connectivity index (χ4n) is 2.65. The molecule has 9 heteroatoms. The van der Waals surface area contributed by atoms with Crippen molar-refractivity contribution in [1.82, 2.24) is 19.5 Å². The van der Waals surface area contributed by atoms with E-state index in [0.717, 1.165) is 29.0 Å². The number of hydrogen-bond donors (Lipinski definition) is 1. The first-order chi connectivity index (χ1) is 11.1. The second-order valence-electron chi connectivity index (χ2n) is 5.42. The van der Waals surface area contributed by atoms with Gasteiger partial charge in [-0.1, -0.05) is 0 Å². The summed E-state index contributed by atoms with van der Waals surface area (Å²) in [5.74, 6) is 0.820. The van der Waals surface area contributed by atoms with Crippen LogP contribution in [0.2, 0.25) is 0 Å². The van der Waals surface area contributed by atoms with Crippen molar-refractivity contribution in [3.63, 3.8) is 0 Å². The van der Waals surface area contributed by atoms with Gasteiger partial charge in [0.05, 0.1) is 17.3 Å². The third kappa shape index (κ3) is 3.31. The Balaban J connectivity index is 1.66. The van der Waals surface area contributed by atoms with Crippen LogP contribution in [0.1, 0.15) is 0 Å². The first-order valence-corrected chi connectivity index (χ1v) is 8.17. The molecule has 23 heavy (non-hydrogen) atoms. The minimum atomic E-state index is -0.594. The predicted molar refractivity (Wildman–Crippen MR) is 89.3 cm³/mol. The molecule has 1 atom stereocenters. The van der Waals surface area contributed by atoms with Crippen LogP contribution in [0.15, 0.2) is 22.9 Å². The summed E-state index contributed by atoms with van der Waals surface area (Å²) in [6.07, 6.45) is 3.61. The number of carbonyl (C=O) groups excluding carboxylic acids is 1. The monoisotopic (exact) mass is 382 g/mol. The third-order valence-corrected chi connectivity index (χ3v) is 4.45. The standard InChI is InChI=1S/C14H19BrN6O2/c1-23-9-11(16)14(22)20-6-4-19(5-7-20)12-2-3-21-13(18-12)10(15)8-17-21/h2-3,8,11H,4-7,9,16H2,1H3. The maximum atomic E-state index is 12.2. The fourth-order valence-corrected chi connectivity index (χ4v) is 3.01. The number of ether oxygens (including phenoxy) is 1. The summed E-state index contributed by atoms with van der Waals surface area (Å²) in [6, 6.07) is 1.34. The SMILES string of the molecule is COCC(N)C(=O)N1CCN(c2ccn3ncc(Br)c3n2)CC1. The largest absolute Gasteiger partial charge is 0.383 e. The Morgan fingerprint density at radius 2 is 2.17 bits per heavy atom. The van der Waals surface area contributed by atoms with Crippen molar-refractivity contribution in [1.29, 1.82) is 0 Å². The minimum absolute atomic E-state index is 0.0616. The van der Waals surface area contributed by atoms with Gasteiger partial charge in [0.1, 0.15) is 11.9 Å². The highest BCUT2D eigenvalue weighted by molar-refractivity contribution is 9.10. The first kappa shape index (κ1) is 16.2. The Morgan fingerprint density at radius 3 is 2.87 bits per heavy atom. The molecular formula is C14H19BrN6O2. The van der Waals surface area contributed by atoms with Crippen LogP contribution in [0.5, 0.6) is 0 Å². The topological polar surface area (TPSA) is 89.0 Å². The molecule has 0 bridgehead atoms. The number of fused-ring (bicyclic) bond motifs is 1. The smallest absolute Gasteiger partial charge is 0.241 e. The number of piperazine rings is 1. The lowest BCUT2D eigenvalue weighted by Gasteiger charge is -2.36. The van der Waals surface area contributed by atoms with E-state index in [1.807, 2.05) is 12.3 Å². The number of carbonyl (C=O) groups is 1.